The van der Waals surface area contributed by atoms with Crippen molar-refractivity contribution in [3.05, 3.63) is 52.3 Å². The first-order valence-electron chi connectivity index (χ1n) is 21.0. The van der Waals surface area contributed by atoms with Crippen LogP contribution in [0.2, 0.25) is 0 Å². The standard InChI is InChI=1S/C44H67F5O5/c1-4-7-10-13-16-19-22-25-28-51-35-31-34(33-54-44(50)37-38(45)40(47)42(49)41(48)39(37)46)32-36(52-29-26-23-20-17-14-11-8-5-2)43(35)53-30-27-24-21-18-15-12-9-6-3/h31-32H,4-30,33H2,1-3H3. The molecule has 2 aromatic rings. The number of carbonyl (C=O) groups is 1. The van der Waals surface area contributed by atoms with Gasteiger partial charge >= 0.3 is 5.97 Å². The third-order valence-corrected chi connectivity index (χ3v) is 9.62. The Hall–Kier alpha value is -3.04. The second-order valence-electron chi connectivity index (χ2n) is 14.4. The average Bonchev–Trinajstić information content (AvgIpc) is 3.17. The molecule has 54 heavy (non-hydrogen) atoms. The summed E-state index contributed by atoms with van der Waals surface area (Å²) in [6, 6.07) is 3.23. The maximum atomic E-state index is 14.4. The summed E-state index contributed by atoms with van der Waals surface area (Å²) in [6.07, 6.45) is 27.2. The van der Waals surface area contributed by atoms with Crippen molar-refractivity contribution >= 4 is 5.97 Å². The van der Waals surface area contributed by atoms with E-state index in [9.17, 15) is 26.7 Å². The van der Waals surface area contributed by atoms with Crippen LogP contribution in [-0.2, 0) is 11.3 Å². The van der Waals surface area contributed by atoms with Gasteiger partial charge in [-0.1, -0.05) is 156 Å². The number of rotatable bonds is 33. The van der Waals surface area contributed by atoms with Crippen LogP contribution in [0.5, 0.6) is 17.2 Å². The largest absolute Gasteiger partial charge is 0.490 e. The molecular weight excluding hydrogens is 703 g/mol. The molecule has 0 spiro atoms. The van der Waals surface area contributed by atoms with Gasteiger partial charge in [-0.05, 0) is 37.0 Å². The molecule has 2 rings (SSSR count). The summed E-state index contributed by atoms with van der Waals surface area (Å²) in [4.78, 5) is 12.7. The first kappa shape index (κ1) is 47.1. The maximum absolute atomic E-state index is 14.4. The van der Waals surface area contributed by atoms with E-state index < -0.39 is 47.2 Å². The molecule has 0 N–H and O–H groups in total. The van der Waals surface area contributed by atoms with Crippen molar-refractivity contribution in [1.82, 2.24) is 0 Å². The van der Waals surface area contributed by atoms with Gasteiger partial charge in [-0.15, -0.1) is 0 Å². The number of carbonyl (C=O) groups excluding carboxylic acids is 1. The lowest BCUT2D eigenvalue weighted by molar-refractivity contribution is 0.0457. The van der Waals surface area contributed by atoms with E-state index in [2.05, 4.69) is 20.8 Å². The number of unbranched alkanes of at least 4 members (excludes halogenated alkanes) is 21. The minimum absolute atomic E-state index is 0.350. The summed E-state index contributed by atoms with van der Waals surface area (Å²) in [5, 5.41) is 0. The molecule has 0 saturated carbocycles. The molecule has 0 radical (unpaired) electrons. The molecule has 5 nitrogen and oxygen atoms in total. The fraction of sp³-hybridized carbons (Fsp3) is 0.705. The van der Waals surface area contributed by atoms with Crippen molar-refractivity contribution in [1.29, 1.82) is 0 Å². The van der Waals surface area contributed by atoms with Gasteiger partial charge in [0.15, 0.2) is 34.8 Å². The minimum atomic E-state index is -2.35. The SMILES string of the molecule is CCCCCCCCCCOc1cc(COC(=O)c2c(F)c(F)c(F)c(F)c2F)cc(OCCCCCCCCCC)c1OCCCCCCCCCC. The molecule has 10 heteroatoms. The lowest BCUT2D eigenvalue weighted by atomic mass is 10.1. The summed E-state index contributed by atoms with van der Waals surface area (Å²) in [6.45, 7) is 7.35. The number of benzene rings is 2. The molecule has 2 aromatic carbocycles. The van der Waals surface area contributed by atoms with Crippen LogP contribution in [0.1, 0.15) is 191 Å². The van der Waals surface area contributed by atoms with Gasteiger partial charge in [0.25, 0.3) is 0 Å². The summed E-state index contributed by atoms with van der Waals surface area (Å²) in [5.74, 6) is -11.7. The van der Waals surface area contributed by atoms with Gasteiger partial charge in [0.1, 0.15) is 12.2 Å². The number of ether oxygens (including phenoxy) is 4. The normalized spacial score (nSPS) is 11.3. The predicted molar refractivity (Wildman–Crippen MR) is 206 cm³/mol. The fourth-order valence-corrected chi connectivity index (χ4v) is 6.32. The van der Waals surface area contributed by atoms with E-state index >= 15 is 0 Å². The van der Waals surface area contributed by atoms with Crippen LogP contribution >= 0.6 is 0 Å². The second-order valence-corrected chi connectivity index (χ2v) is 14.4. The quantitative estimate of drug-likeness (QED) is 0.0238. The van der Waals surface area contributed by atoms with Gasteiger partial charge in [0.2, 0.25) is 11.6 Å². The van der Waals surface area contributed by atoms with Crippen LogP contribution in [0, 0.1) is 29.1 Å². The number of esters is 1. The third-order valence-electron chi connectivity index (χ3n) is 9.62. The number of hydrogen-bond donors (Lipinski definition) is 0. The Morgan fingerprint density at radius 2 is 0.759 bits per heavy atom. The Balaban J connectivity index is 2.22. The minimum Gasteiger partial charge on any atom is -0.490 e. The molecule has 0 fully saturated rings. The van der Waals surface area contributed by atoms with E-state index in [-0.39, 0.29) is 0 Å². The molecule has 0 atom stereocenters. The summed E-state index contributed by atoms with van der Waals surface area (Å²) in [7, 11) is 0. The van der Waals surface area contributed by atoms with Crippen molar-refractivity contribution in [3.63, 3.8) is 0 Å². The topological polar surface area (TPSA) is 54.0 Å². The molecule has 0 saturated heterocycles. The highest BCUT2D eigenvalue weighted by atomic mass is 19.2. The lowest BCUT2D eigenvalue weighted by Gasteiger charge is -2.19. The average molecular weight is 771 g/mol. The Bertz CT molecular complexity index is 1250. The molecule has 0 aliphatic rings. The molecule has 0 unspecified atom stereocenters. The zero-order valence-electron chi connectivity index (χ0n) is 33.4. The Morgan fingerprint density at radius 3 is 1.13 bits per heavy atom. The van der Waals surface area contributed by atoms with Gasteiger partial charge in [0.05, 0.1) is 19.8 Å². The highest BCUT2D eigenvalue weighted by Crippen LogP contribution is 2.40. The predicted octanol–water partition coefficient (Wildman–Crippen LogP) is 14.3. The summed E-state index contributed by atoms with van der Waals surface area (Å²) < 4.78 is 93.9. The van der Waals surface area contributed by atoms with E-state index in [0.717, 1.165) is 57.8 Å². The molecule has 0 heterocycles. The van der Waals surface area contributed by atoms with Crippen molar-refractivity contribution in [2.45, 2.75) is 181 Å². The van der Waals surface area contributed by atoms with Crippen molar-refractivity contribution in [2.75, 3.05) is 19.8 Å². The molecule has 0 aliphatic carbocycles. The Morgan fingerprint density at radius 1 is 0.444 bits per heavy atom. The number of hydrogen-bond acceptors (Lipinski definition) is 5. The van der Waals surface area contributed by atoms with Gasteiger partial charge in [-0.3, -0.25) is 0 Å². The zero-order valence-corrected chi connectivity index (χ0v) is 33.4. The zero-order chi connectivity index (χ0) is 39.4. The van der Waals surface area contributed by atoms with Gasteiger partial charge in [-0.2, -0.15) is 0 Å². The lowest BCUT2D eigenvalue weighted by Crippen LogP contribution is -2.15. The van der Waals surface area contributed by atoms with Gasteiger partial charge in [-0.25, -0.2) is 26.7 Å². The monoisotopic (exact) mass is 770 g/mol. The van der Waals surface area contributed by atoms with Crippen molar-refractivity contribution < 1.29 is 45.7 Å². The molecule has 0 aliphatic heterocycles. The summed E-state index contributed by atoms with van der Waals surface area (Å²) >= 11 is 0. The van der Waals surface area contributed by atoms with E-state index in [1.807, 2.05) is 0 Å². The van der Waals surface area contributed by atoms with E-state index in [0.29, 0.717) is 42.6 Å². The van der Waals surface area contributed by atoms with Crippen molar-refractivity contribution in [3.8, 4) is 17.2 Å². The highest BCUT2D eigenvalue weighted by Gasteiger charge is 2.31. The third kappa shape index (κ3) is 18.1. The highest BCUT2D eigenvalue weighted by molar-refractivity contribution is 5.90. The second kappa shape index (κ2) is 29.3. The van der Waals surface area contributed by atoms with E-state index in [1.54, 1.807) is 12.1 Å². The fourth-order valence-electron chi connectivity index (χ4n) is 6.32. The Kier molecular flexibility index (Phi) is 25.5. The Labute approximate surface area is 322 Å². The van der Waals surface area contributed by atoms with Crippen molar-refractivity contribution in [2.24, 2.45) is 0 Å². The van der Waals surface area contributed by atoms with Crippen LogP contribution < -0.4 is 14.2 Å². The van der Waals surface area contributed by atoms with E-state index in [1.165, 1.54) is 96.3 Å². The van der Waals surface area contributed by atoms with Crippen LogP contribution in [0.15, 0.2) is 12.1 Å². The maximum Gasteiger partial charge on any atom is 0.344 e. The smallest absolute Gasteiger partial charge is 0.344 e. The molecule has 0 bridgehead atoms. The van der Waals surface area contributed by atoms with E-state index in [4.69, 9.17) is 18.9 Å². The first-order valence-corrected chi connectivity index (χ1v) is 21.0. The molecule has 308 valence electrons. The van der Waals surface area contributed by atoms with Crippen LogP contribution in [0.25, 0.3) is 0 Å². The number of halogens is 5. The van der Waals surface area contributed by atoms with Gasteiger partial charge < -0.3 is 18.9 Å². The molecule has 0 amide bonds. The van der Waals surface area contributed by atoms with Crippen LogP contribution in [0.3, 0.4) is 0 Å². The molecular formula is C44H67F5O5. The van der Waals surface area contributed by atoms with Crippen LogP contribution in [-0.4, -0.2) is 25.8 Å². The van der Waals surface area contributed by atoms with Gasteiger partial charge in [0, 0.05) is 0 Å². The van der Waals surface area contributed by atoms with Crippen LogP contribution in [0.4, 0.5) is 22.0 Å². The first-order chi connectivity index (χ1) is 26.3. The molecule has 0 aromatic heterocycles. The summed E-state index contributed by atoms with van der Waals surface area (Å²) in [5.41, 5.74) is -1.29.